The van der Waals surface area contributed by atoms with Crippen molar-refractivity contribution in [2.24, 2.45) is 0 Å². The molecule has 8 nitrogen and oxygen atoms in total. The van der Waals surface area contributed by atoms with E-state index in [9.17, 15) is 19.6 Å². The highest BCUT2D eigenvalue weighted by Gasteiger charge is 2.56. The molecule has 1 aliphatic heterocycles. The zero-order chi connectivity index (χ0) is 15.4. The summed E-state index contributed by atoms with van der Waals surface area (Å²) in [6.07, 6.45) is -0.876. The summed E-state index contributed by atoms with van der Waals surface area (Å²) in [5.41, 5.74) is 0.771. The van der Waals surface area contributed by atoms with Gasteiger partial charge in [0.05, 0.1) is 7.11 Å². The minimum atomic E-state index is -1.29. The molecule has 0 bridgehead atoms. The first kappa shape index (κ1) is 14.9. The number of rotatable bonds is 4. The Bertz CT molecular complexity index is 547. The lowest BCUT2D eigenvalue weighted by molar-refractivity contribution is -0.819. The van der Waals surface area contributed by atoms with Crippen molar-refractivity contribution in [2.75, 3.05) is 7.11 Å². The van der Waals surface area contributed by atoms with Crippen molar-refractivity contribution in [3.05, 3.63) is 41.1 Å². The molecule has 0 radical (unpaired) electrons. The van der Waals surface area contributed by atoms with Gasteiger partial charge in [-0.05, 0) is 5.56 Å². The molecular weight excluding hydrogens is 280 g/mol. The number of methoxy groups -OCH3 is 1. The standard InChI is InChI=1S/C13H14N2O6/c1-20-12(17)10-9(11(16)15(10)19)14-13(18)21-7-8-5-3-2-4-6-8/h2-6,9-10,15H,7H2,1H3,(H,14,18). The lowest BCUT2D eigenvalue weighted by Crippen LogP contribution is -3.27. The van der Waals surface area contributed by atoms with E-state index >= 15 is 0 Å². The van der Waals surface area contributed by atoms with Crippen molar-refractivity contribution >= 4 is 18.0 Å². The van der Waals surface area contributed by atoms with E-state index in [0.717, 1.165) is 12.7 Å². The fraction of sp³-hybridized carbons (Fsp3) is 0.308. The Morgan fingerprint density at radius 3 is 2.62 bits per heavy atom. The molecule has 1 heterocycles. The number of nitrogens with one attached hydrogen (secondary N) is 2. The second kappa shape index (κ2) is 6.33. The van der Waals surface area contributed by atoms with Gasteiger partial charge in [-0.25, -0.2) is 14.4 Å². The summed E-state index contributed by atoms with van der Waals surface area (Å²) in [6.45, 7) is 0.0183. The van der Waals surface area contributed by atoms with E-state index in [2.05, 4.69) is 10.1 Å². The summed E-state index contributed by atoms with van der Waals surface area (Å²) in [4.78, 5) is 34.3. The fourth-order valence-electron chi connectivity index (χ4n) is 1.92. The molecule has 1 aliphatic rings. The average Bonchev–Trinajstić information content (AvgIpc) is 2.52. The van der Waals surface area contributed by atoms with Crippen LogP contribution in [0.3, 0.4) is 0 Å². The summed E-state index contributed by atoms with van der Waals surface area (Å²) in [6, 6.07) is 6.43. The normalized spacial score (nSPS) is 23.9. The second-order valence-electron chi connectivity index (χ2n) is 4.41. The fourth-order valence-corrected chi connectivity index (χ4v) is 1.92. The Morgan fingerprint density at radius 1 is 1.33 bits per heavy atom. The molecule has 112 valence electrons. The van der Waals surface area contributed by atoms with E-state index in [-0.39, 0.29) is 6.61 Å². The van der Waals surface area contributed by atoms with Crippen molar-refractivity contribution < 1.29 is 28.9 Å². The minimum Gasteiger partial charge on any atom is -0.626 e. The quantitative estimate of drug-likeness (QED) is 0.408. The molecule has 0 aromatic heterocycles. The van der Waals surface area contributed by atoms with Gasteiger partial charge in [0, 0.05) is 0 Å². The van der Waals surface area contributed by atoms with Gasteiger partial charge in [0.1, 0.15) is 6.61 Å². The molecule has 8 heteroatoms. The maximum Gasteiger partial charge on any atom is 0.408 e. The second-order valence-corrected chi connectivity index (χ2v) is 4.41. The maximum absolute atomic E-state index is 11.6. The number of β-lactam (4-membered cyclic amide) rings is 1. The van der Waals surface area contributed by atoms with Crippen molar-refractivity contribution in [3.8, 4) is 0 Å². The third-order valence-electron chi connectivity index (χ3n) is 3.08. The SMILES string of the molecule is COC(=O)C1C(NC(=O)OCc2ccccc2)C(=O)[NH+]1[O-]. The molecule has 2 amide bonds. The van der Waals surface area contributed by atoms with Crippen LogP contribution < -0.4 is 10.4 Å². The minimum absolute atomic E-state index is 0.0183. The molecule has 2 rings (SSSR count). The number of hydrogen-bond donors (Lipinski definition) is 2. The van der Waals surface area contributed by atoms with E-state index in [0.29, 0.717) is 0 Å². The van der Waals surface area contributed by atoms with Gasteiger partial charge >= 0.3 is 18.0 Å². The highest BCUT2D eigenvalue weighted by molar-refractivity contribution is 5.93. The van der Waals surface area contributed by atoms with E-state index in [1.165, 1.54) is 0 Å². The van der Waals surface area contributed by atoms with Gasteiger partial charge in [-0.15, -0.1) is 0 Å². The number of benzene rings is 1. The number of carbonyl (C=O) groups is 3. The number of ether oxygens (including phenoxy) is 2. The maximum atomic E-state index is 11.6. The highest BCUT2D eigenvalue weighted by Crippen LogP contribution is 2.04. The summed E-state index contributed by atoms with van der Waals surface area (Å²) >= 11 is 0. The summed E-state index contributed by atoms with van der Waals surface area (Å²) in [5.74, 6) is -1.69. The molecular formula is C13H14N2O6. The van der Waals surface area contributed by atoms with Crippen LogP contribution in [0.2, 0.25) is 0 Å². The number of alkyl carbamates (subject to hydrolysis) is 1. The van der Waals surface area contributed by atoms with Crippen LogP contribution in [0.5, 0.6) is 0 Å². The highest BCUT2D eigenvalue weighted by atomic mass is 16.6. The van der Waals surface area contributed by atoms with Crippen LogP contribution in [0.25, 0.3) is 0 Å². The molecule has 21 heavy (non-hydrogen) atoms. The Labute approximate surface area is 120 Å². The number of esters is 1. The Morgan fingerprint density at radius 2 is 2.00 bits per heavy atom. The number of carbonyl (C=O) groups excluding carboxylic acids is 3. The van der Waals surface area contributed by atoms with Crippen molar-refractivity contribution in [1.82, 2.24) is 5.32 Å². The Balaban J connectivity index is 1.87. The third-order valence-corrected chi connectivity index (χ3v) is 3.08. The van der Waals surface area contributed by atoms with Crippen LogP contribution in [-0.2, 0) is 25.7 Å². The Kier molecular flexibility index (Phi) is 4.51. The molecule has 1 aromatic carbocycles. The topological polar surface area (TPSA) is 109 Å². The summed E-state index contributed by atoms with van der Waals surface area (Å²) in [5, 5.41) is 12.6. The number of hydroxylamine groups is 2. The van der Waals surface area contributed by atoms with E-state index in [4.69, 9.17) is 4.74 Å². The molecule has 0 spiro atoms. The van der Waals surface area contributed by atoms with Gasteiger partial charge < -0.3 is 20.0 Å². The Hall–Kier alpha value is -2.45. The number of hydrogen-bond acceptors (Lipinski definition) is 6. The molecule has 1 fully saturated rings. The first-order valence-electron chi connectivity index (χ1n) is 6.17. The van der Waals surface area contributed by atoms with E-state index < -0.39 is 35.1 Å². The van der Waals surface area contributed by atoms with Crippen LogP contribution in [-0.4, -0.2) is 37.2 Å². The lowest BCUT2D eigenvalue weighted by atomic mass is 9.98. The lowest BCUT2D eigenvalue weighted by Gasteiger charge is -2.41. The molecule has 0 aliphatic carbocycles. The van der Waals surface area contributed by atoms with Crippen LogP contribution in [0.15, 0.2) is 30.3 Å². The molecule has 1 aromatic rings. The predicted octanol–water partition coefficient (Wildman–Crippen LogP) is -1.25. The van der Waals surface area contributed by atoms with Gasteiger partial charge in [0.15, 0.2) is 0 Å². The molecule has 1 saturated heterocycles. The monoisotopic (exact) mass is 294 g/mol. The zero-order valence-electron chi connectivity index (χ0n) is 11.2. The van der Waals surface area contributed by atoms with Crippen LogP contribution in [0, 0.1) is 5.21 Å². The third kappa shape index (κ3) is 3.18. The van der Waals surface area contributed by atoms with Gasteiger partial charge in [-0.2, -0.15) is 0 Å². The first-order chi connectivity index (χ1) is 10.0. The summed E-state index contributed by atoms with van der Waals surface area (Å²) in [7, 11) is 1.10. The van der Waals surface area contributed by atoms with Gasteiger partial charge in [-0.3, -0.25) is 5.06 Å². The van der Waals surface area contributed by atoms with E-state index in [1.807, 2.05) is 6.07 Å². The average molecular weight is 294 g/mol. The van der Waals surface area contributed by atoms with Crippen molar-refractivity contribution in [3.63, 3.8) is 0 Å². The van der Waals surface area contributed by atoms with Gasteiger partial charge in [0.25, 0.3) is 0 Å². The molecule has 3 unspecified atom stereocenters. The number of quaternary nitrogens is 1. The van der Waals surface area contributed by atoms with Crippen molar-refractivity contribution in [1.29, 1.82) is 0 Å². The van der Waals surface area contributed by atoms with Gasteiger partial charge in [-0.1, -0.05) is 30.3 Å². The van der Waals surface area contributed by atoms with Crippen LogP contribution >= 0.6 is 0 Å². The first-order valence-corrected chi connectivity index (χ1v) is 6.17. The molecule has 3 atom stereocenters. The van der Waals surface area contributed by atoms with Crippen molar-refractivity contribution in [2.45, 2.75) is 18.7 Å². The smallest absolute Gasteiger partial charge is 0.408 e. The zero-order valence-corrected chi connectivity index (χ0v) is 11.2. The molecule has 2 N–H and O–H groups in total. The van der Waals surface area contributed by atoms with E-state index in [1.54, 1.807) is 24.3 Å². The largest absolute Gasteiger partial charge is 0.626 e. The number of amides is 2. The van der Waals surface area contributed by atoms with Crippen LogP contribution in [0.1, 0.15) is 5.56 Å². The predicted molar refractivity (Wildman–Crippen MR) is 68.7 cm³/mol. The molecule has 0 saturated carbocycles. The van der Waals surface area contributed by atoms with Gasteiger partial charge in [0.2, 0.25) is 12.1 Å². The summed E-state index contributed by atoms with van der Waals surface area (Å²) < 4.78 is 9.32. The van der Waals surface area contributed by atoms with Crippen LogP contribution in [0.4, 0.5) is 4.79 Å².